The summed E-state index contributed by atoms with van der Waals surface area (Å²) in [4.78, 5) is 58.2. The summed E-state index contributed by atoms with van der Waals surface area (Å²) < 4.78 is 18.6. The zero-order chi connectivity index (χ0) is 37.2. The molecule has 1 saturated heterocycles. The molecule has 2 bridgehead atoms. The fourth-order valence-corrected chi connectivity index (χ4v) is 11.7. The number of nitrogens with zero attached hydrogens (tertiary/aromatic N) is 1. The van der Waals surface area contributed by atoms with Crippen molar-refractivity contribution in [3.05, 3.63) is 11.6 Å². The van der Waals surface area contributed by atoms with E-state index in [0.717, 1.165) is 24.8 Å². The summed E-state index contributed by atoms with van der Waals surface area (Å²) in [7, 11) is 0. The van der Waals surface area contributed by atoms with Gasteiger partial charge in [-0.2, -0.15) is 0 Å². The van der Waals surface area contributed by atoms with Gasteiger partial charge in [0.25, 0.3) is 0 Å². The highest BCUT2D eigenvalue weighted by Crippen LogP contribution is 2.74. The van der Waals surface area contributed by atoms with E-state index >= 15 is 0 Å². The van der Waals surface area contributed by atoms with Crippen molar-refractivity contribution in [3.8, 4) is 0 Å². The smallest absolute Gasteiger partial charge is 0.323 e. The summed E-state index contributed by atoms with van der Waals surface area (Å²) in [5, 5.41) is 10.9. The van der Waals surface area contributed by atoms with Gasteiger partial charge in [0.1, 0.15) is 18.2 Å². The zero-order valence-corrected chi connectivity index (χ0v) is 31.3. The fraction of sp³-hybridized carbons (Fsp3) is 0.816. The van der Waals surface area contributed by atoms with E-state index in [0.29, 0.717) is 38.8 Å². The molecule has 280 valence electrons. The first kappa shape index (κ1) is 38.2. The van der Waals surface area contributed by atoms with Crippen molar-refractivity contribution in [2.24, 2.45) is 78.9 Å². The number of hydrogen-bond donors (Lipinski definition) is 4. The van der Waals surface area contributed by atoms with Crippen LogP contribution in [0.3, 0.4) is 0 Å². The number of fused-ring (bicyclic) bond motifs is 3. The normalized spacial score (nSPS) is 41.8. The molecular weight excluding hydrogens is 640 g/mol. The number of carboxylic acids is 1. The molecule has 0 radical (unpaired) electrons. The molecule has 12 heteroatoms. The molecule has 12 atom stereocenters. The number of allylic oxidation sites excluding steroid dienone is 1. The molecule has 0 aromatic carbocycles. The number of aliphatic imine (C=N–C) groups is 1. The molecular formula is C38H60N4O8. The lowest BCUT2D eigenvalue weighted by Gasteiger charge is -2.70. The molecule has 50 heavy (non-hydrogen) atoms. The number of guanidine groups is 1. The molecule has 0 aromatic rings. The second kappa shape index (κ2) is 13.2. The molecule has 0 amide bonds. The molecule has 3 saturated carbocycles. The van der Waals surface area contributed by atoms with Gasteiger partial charge >= 0.3 is 17.9 Å². The van der Waals surface area contributed by atoms with Gasteiger partial charge in [0, 0.05) is 29.7 Å². The number of esters is 2. The van der Waals surface area contributed by atoms with Crippen LogP contribution in [-0.2, 0) is 33.4 Å². The Balaban J connectivity index is 1.54. The van der Waals surface area contributed by atoms with Crippen LogP contribution >= 0.6 is 0 Å². The van der Waals surface area contributed by atoms with Crippen molar-refractivity contribution in [2.75, 3.05) is 19.8 Å². The van der Waals surface area contributed by atoms with E-state index in [1.165, 1.54) is 6.92 Å². The number of carboxylic acid groups (broad SMARTS) is 1. The highest BCUT2D eigenvalue weighted by Gasteiger charge is 2.74. The molecule has 5 aliphatic rings. The van der Waals surface area contributed by atoms with Crippen molar-refractivity contribution in [1.29, 1.82) is 0 Å². The van der Waals surface area contributed by atoms with Crippen LogP contribution in [0.2, 0.25) is 0 Å². The number of rotatable bonds is 10. The largest absolute Gasteiger partial charge is 0.481 e. The Hall–Kier alpha value is -2.99. The average Bonchev–Trinajstić information content (AvgIpc) is 3.01. The number of hydrogen-bond acceptors (Lipinski definition) is 9. The molecule has 4 aliphatic carbocycles. The Labute approximate surface area is 296 Å². The monoisotopic (exact) mass is 700 g/mol. The maximum atomic E-state index is 14.8. The Bertz CT molecular complexity index is 1460. The SMILES string of the molecule is CC(=O)O[C@@H]1C[C@@]23COC[C@](C)([C@@H]2CC[C@H]2C3=CC(=O)[C@@]3(C)[C@H](C(=O)O)[C@@](C)([C@H](C)C(C)C)CC[C@]23C)[C@H]1OC(=O)C(N)CCCN=C(N)N. The summed E-state index contributed by atoms with van der Waals surface area (Å²) in [5.41, 5.74) is 14.4. The van der Waals surface area contributed by atoms with Crippen LogP contribution < -0.4 is 17.2 Å². The fourth-order valence-electron chi connectivity index (χ4n) is 11.7. The lowest BCUT2D eigenvalue weighted by atomic mass is 9.34. The van der Waals surface area contributed by atoms with Crippen LogP contribution in [0.1, 0.15) is 100 Å². The molecule has 4 fully saturated rings. The zero-order valence-electron chi connectivity index (χ0n) is 31.3. The number of ketones is 1. The summed E-state index contributed by atoms with van der Waals surface area (Å²) in [6.45, 7) is 16.8. The summed E-state index contributed by atoms with van der Waals surface area (Å²) in [5.74, 6) is -2.79. The van der Waals surface area contributed by atoms with Crippen molar-refractivity contribution in [2.45, 2.75) is 119 Å². The predicted molar refractivity (Wildman–Crippen MR) is 187 cm³/mol. The molecule has 5 rings (SSSR count). The van der Waals surface area contributed by atoms with E-state index in [4.69, 9.17) is 31.4 Å². The molecule has 1 unspecified atom stereocenters. The lowest BCUT2D eigenvalue weighted by Crippen LogP contribution is -2.71. The Morgan fingerprint density at radius 3 is 2.34 bits per heavy atom. The van der Waals surface area contributed by atoms with E-state index in [9.17, 15) is 24.3 Å². The van der Waals surface area contributed by atoms with Gasteiger partial charge in [-0.25, -0.2) is 0 Å². The molecule has 0 aromatic heterocycles. The highest BCUT2D eigenvalue weighted by atomic mass is 16.6. The number of carbonyl (C=O) groups is 4. The third-order valence-corrected chi connectivity index (χ3v) is 14.8. The third kappa shape index (κ3) is 5.67. The molecule has 0 spiro atoms. The minimum Gasteiger partial charge on any atom is -0.481 e. The van der Waals surface area contributed by atoms with Crippen molar-refractivity contribution in [1.82, 2.24) is 0 Å². The van der Waals surface area contributed by atoms with E-state index in [2.05, 4.69) is 39.6 Å². The maximum absolute atomic E-state index is 14.8. The third-order valence-electron chi connectivity index (χ3n) is 14.8. The second-order valence-corrected chi connectivity index (χ2v) is 17.5. The predicted octanol–water partition coefficient (Wildman–Crippen LogP) is 3.98. The van der Waals surface area contributed by atoms with Gasteiger partial charge < -0.3 is 36.5 Å². The number of nitrogens with two attached hydrogens (primary N) is 3. The van der Waals surface area contributed by atoms with Crippen LogP contribution in [0.15, 0.2) is 16.6 Å². The quantitative estimate of drug-likeness (QED) is 0.111. The van der Waals surface area contributed by atoms with Gasteiger partial charge in [0.05, 0.1) is 19.1 Å². The van der Waals surface area contributed by atoms with E-state index in [1.54, 1.807) is 6.08 Å². The highest BCUT2D eigenvalue weighted by molar-refractivity contribution is 6.00. The Morgan fingerprint density at radius 1 is 1.06 bits per heavy atom. The average molecular weight is 701 g/mol. The number of aliphatic carboxylic acids is 1. The molecule has 7 N–H and O–H groups in total. The van der Waals surface area contributed by atoms with Crippen molar-refractivity contribution in [3.63, 3.8) is 0 Å². The Kier molecular flexibility index (Phi) is 10.1. The van der Waals surface area contributed by atoms with Crippen molar-refractivity contribution < 1.29 is 38.5 Å². The standard InChI is InChI=1S/C38H60N4O8/c1-20(2)21(3)34(5)13-14-36(7)23-11-12-27-35(6)18-48-19-38(27,24(23)16-28(44)37(36,8)29(34)31(45)46)17-26(49-22(4)43)30(35)50-32(47)25(39)10-9-15-42-33(40)41/h16,20-21,23,25-27,29-30H,9-15,17-19,39H2,1-8H3,(H,45,46)(H4,40,41,42)/t21-,23+,25?,26-,27+,29-,30+,34-,35-,36-,37+,38+/m1/s1. The Morgan fingerprint density at radius 2 is 1.74 bits per heavy atom. The van der Waals surface area contributed by atoms with Crippen molar-refractivity contribution >= 4 is 29.7 Å². The molecule has 1 aliphatic heterocycles. The summed E-state index contributed by atoms with van der Waals surface area (Å²) >= 11 is 0. The lowest BCUT2D eigenvalue weighted by molar-refractivity contribution is -0.262. The topological polar surface area (TPSA) is 207 Å². The van der Waals surface area contributed by atoms with Gasteiger partial charge in [-0.05, 0) is 85.5 Å². The summed E-state index contributed by atoms with van der Waals surface area (Å²) in [6, 6.07) is -0.924. The van der Waals surface area contributed by atoms with E-state index in [1.807, 2.05) is 13.8 Å². The van der Waals surface area contributed by atoms with Gasteiger partial charge in [0.2, 0.25) is 0 Å². The number of carbonyl (C=O) groups excluding carboxylic acids is 3. The van der Waals surface area contributed by atoms with Crippen LogP contribution in [0, 0.1) is 56.7 Å². The van der Waals surface area contributed by atoms with Crippen LogP contribution in [0.25, 0.3) is 0 Å². The van der Waals surface area contributed by atoms with Gasteiger partial charge in [-0.3, -0.25) is 24.2 Å². The van der Waals surface area contributed by atoms with Crippen LogP contribution in [0.4, 0.5) is 0 Å². The van der Waals surface area contributed by atoms with E-state index in [-0.39, 0.29) is 42.0 Å². The van der Waals surface area contributed by atoms with Gasteiger partial charge in [0.15, 0.2) is 11.7 Å². The minimum absolute atomic E-state index is 0.0335. The van der Waals surface area contributed by atoms with Gasteiger partial charge in [-0.15, -0.1) is 0 Å². The molecule has 1 heterocycles. The van der Waals surface area contributed by atoms with Crippen LogP contribution in [0.5, 0.6) is 0 Å². The van der Waals surface area contributed by atoms with E-state index < -0.39 is 69.2 Å². The second-order valence-electron chi connectivity index (χ2n) is 17.5. The van der Waals surface area contributed by atoms with Gasteiger partial charge in [-0.1, -0.05) is 54.0 Å². The molecule has 12 nitrogen and oxygen atoms in total. The summed E-state index contributed by atoms with van der Waals surface area (Å²) in [6.07, 6.45) is 4.22. The first-order valence-corrected chi connectivity index (χ1v) is 18.5. The number of ether oxygens (including phenoxy) is 3. The first-order chi connectivity index (χ1) is 23.2. The maximum Gasteiger partial charge on any atom is 0.323 e. The minimum atomic E-state index is -1.12. The van der Waals surface area contributed by atoms with Crippen LogP contribution in [-0.4, -0.2) is 72.8 Å². The first-order valence-electron chi connectivity index (χ1n) is 18.5.